The fraction of sp³-hybridized carbons (Fsp3) is 0.273. The van der Waals surface area contributed by atoms with Crippen molar-refractivity contribution in [2.24, 2.45) is 0 Å². The van der Waals surface area contributed by atoms with Gasteiger partial charge in [-0.2, -0.15) is 0 Å². The SMILES string of the molecule is CC(=O)OC(C(C)=O)c1c(Cl)cccc1Cl. The van der Waals surface area contributed by atoms with Crippen molar-refractivity contribution in [2.75, 3.05) is 0 Å². The Hall–Kier alpha value is -1.06. The second-order valence-electron chi connectivity index (χ2n) is 3.24. The molecular weight excluding hydrogens is 251 g/mol. The highest BCUT2D eigenvalue weighted by Crippen LogP contribution is 2.32. The molecule has 0 amide bonds. The molecule has 0 N–H and O–H groups in total. The average Bonchev–Trinajstić information content (AvgIpc) is 2.15. The van der Waals surface area contributed by atoms with E-state index < -0.39 is 12.1 Å². The zero-order valence-corrected chi connectivity index (χ0v) is 10.3. The van der Waals surface area contributed by atoms with Gasteiger partial charge in [0.05, 0.1) is 0 Å². The Labute approximate surface area is 103 Å². The number of hydrogen-bond acceptors (Lipinski definition) is 3. The third-order valence-corrected chi connectivity index (χ3v) is 2.57. The number of hydrogen-bond donors (Lipinski definition) is 0. The van der Waals surface area contributed by atoms with Gasteiger partial charge in [-0.3, -0.25) is 9.59 Å². The minimum atomic E-state index is -1.04. The van der Waals surface area contributed by atoms with Crippen LogP contribution in [0.2, 0.25) is 10.0 Å². The monoisotopic (exact) mass is 260 g/mol. The summed E-state index contributed by atoms with van der Waals surface area (Å²) in [7, 11) is 0. The second kappa shape index (κ2) is 5.32. The first-order chi connectivity index (χ1) is 7.43. The van der Waals surface area contributed by atoms with Gasteiger partial charge in [0.2, 0.25) is 0 Å². The number of carbonyl (C=O) groups is 2. The van der Waals surface area contributed by atoms with Crippen molar-refractivity contribution >= 4 is 35.0 Å². The summed E-state index contributed by atoms with van der Waals surface area (Å²) in [5, 5.41) is 0.600. The topological polar surface area (TPSA) is 43.4 Å². The van der Waals surface area contributed by atoms with Gasteiger partial charge in [0, 0.05) is 22.5 Å². The van der Waals surface area contributed by atoms with E-state index in [1.165, 1.54) is 13.8 Å². The lowest BCUT2D eigenvalue weighted by molar-refractivity contribution is -0.152. The van der Waals surface area contributed by atoms with E-state index in [4.69, 9.17) is 27.9 Å². The number of carbonyl (C=O) groups excluding carboxylic acids is 2. The summed E-state index contributed by atoms with van der Waals surface area (Å²) in [6, 6.07) is 4.82. The molecule has 16 heavy (non-hydrogen) atoms. The Morgan fingerprint density at radius 3 is 2.06 bits per heavy atom. The van der Waals surface area contributed by atoms with Crippen LogP contribution in [0.15, 0.2) is 18.2 Å². The Morgan fingerprint density at radius 1 is 1.19 bits per heavy atom. The fourth-order valence-corrected chi connectivity index (χ4v) is 1.87. The molecule has 0 aromatic heterocycles. The van der Waals surface area contributed by atoms with Crippen LogP contribution in [0.5, 0.6) is 0 Å². The molecule has 0 saturated heterocycles. The lowest BCUT2D eigenvalue weighted by Gasteiger charge is -2.16. The largest absolute Gasteiger partial charge is 0.449 e. The van der Waals surface area contributed by atoms with E-state index in [-0.39, 0.29) is 5.78 Å². The molecule has 1 aromatic carbocycles. The molecule has 0 radical (unpaired) electrons. The van der Waals surface area contributed by atoms with Crippen LogP contribution in [-0.2, 0) is 14.3 Å². The minimum absolute atomic E-state index is 0.300. The van der Waals surface area contributed by atoms with Crippen molar-refractivity contribution in [3.05, 3.63) is 33.8 Å². The molecule has 1 unspecified atom stereocenters. The van der Waals surface area contributed by atoms with E-state index in [0.717, 1.165) is 0 Å². The van der Waals surface area contributed by atoms with Crippen molar-refractivity contribution in [1.29, 1.82) is 0 Å². The molecule has 0 fully saturated rings. The second-order valence-corrected chi connectivity index (χ2v) is 4.05. The first-order valence-corrected chi connectivity index (χ1v) is 5.30. The summed E-state index contributed by atoms with van der Waals surface area (Å²) in [4.78, 5) is 22.3. The van der Waals surface area contributed by atoms with Gasteiger partial charge in [0.25, 0.3) is 0 Å². The average molecular weight is 261 g/mol. The van der Waals surface area contributed by atoms with Gasteiger partial charge in [-0.15, -0.1) is 0 Å². The van der Waals surface area contributed by atoms with Gasteiger partial charge in [0.15, 0.2) is 11.9 Å². The smallest absolute Gasteiger partial charge is 0.303 e. The quantitative estimate of drug-likeness (QED) is 0.785. The van der Waals surface area contributed by atoms with Crippen molar-refractivity contribution < 1.29 is 14.3 Å². The van der Waals surface area contributed by atoms with E-state index in [9.17, 15) is 9.59 Å². The summed E-state index contributed by atoms with van der Waals surface area (Å²) in [6.45, 7) is 2.54. The van der Waals surface area contributed by atoms with Crippen LogP contribution in [0.25, 0.3) is 0 Å². The van der Waals surface area contributed by atoms with E-state index in [1.807, 2.05) is 0 Å². The molecule has 0 heterocycles. The van der Waals surface area contributed by atoms with Crippen LogP contribution in [0, 0.1) is 0 Å². The molecule has 1 aromatic rings. The molecule has 0 bridgehead atoms. The molecule has 3 nitrogen and oxygen atoms in total. The molecule has 5 heteroatoms. The van der Waals surface area contributed by atoms with Crippen LogP contribution in [0.4, 0.5) is 0 Å². The Balaban J connectivity index is 3.20. The predicted molar refractivity (Wildman–Crippen MR) is 61.7 cm³/mol. The maximum absolute atomic E-state index is 11.4. The van der Waals surface area contributed by atoms with Crippen molar-refractivity contribution in [3.63, 3.8) is 0 Å². The van der Waals surface area contributed by atoms with Crippen LogP contribution >= 0.6 is 23.2 Å². The maximum Gasteiger partial charge on any atom is 0.303 e. The highest BCUT2D eigenvalue weighted by atomic mass is 35.5. The molecule has 1 atom stereocenters. The summed E-state index contributed by atoms with van der Waals surface area (Å²) in [5.41, 5.74) is 0.327. The predicted octanol–water partition coefficient (Wildman–Crippen LogP) is 3.19. The molecule has 0 aliphatic heterocycles. The van der Waals surface area contributed by atoms with Crippen LogP contribution < -0.4 is 0 Å². The van der Waals surface area contributed by atoms with Gasteiger partial charge in [-0.25, -0.2) is 0 Å². The lowest BCUT2D eigenvalue weighted by Crippen LogP contribution is -2.16. The summed E-state index contributed by atoms with van der Waals surface area (Å²) >= 11 is 11.8. The molecule has 86 valence electrons. The lowest BCUT2D eigenvalue weighted by atomic mass is 10.1. The number of benzene rings is 1. The third kappa shape index (κ3) is 2.97. The van der Waals surface area contributed by atoms with Crippen molar-refractivity contribution in [2.45, 2.75) is 20.0 Å². The van der Waals surface area contributed by atoms with Crippen LogP contribution in [0.1, 0.15) is 25.5 Å². The first-order valence-electron chi connectivity index (χ1n) is 4.55. The Morgan fingerprint density at radius 2 is 1.69 bits per heavy atom. The van der Waals surface area contributed by atoms with Crippen molar-refractivity contribution in [1.82, 2.24) is 0 Å². The van der Waals surface area contributed by atoms with Crippen LogP contribution in [0.3, 0.4) is 0 Å². The first kappa shape index (κ1) is 13.0. The molecule has 1 rings (SSSR count). The highest BCUT2D eigenvalue weighted by Gasteiger charge is 2.24. The summed E-state index contributed by atoms with van der Waals surface area (Å²) in [5.74, 6) is -0.888. The normalized spacial score (nSPS) is 12.0. The van der Waals surface area contributed by atoms with Gasteiger partial charge >= 0.3 is 5.97 Å². The Kier molecular flexibility index (Phi) is 4.33. The third-order valence-electron chi connectivity index (χ3n) is 1.91. The molecule has 0 aliphatic carbocycles. The zero-order chi connectivity index (χ0) is 12.3. The van der Waals surface area contributed by atoms with Gasteiger partial charge in [-0.1, -0.05) is 29.3 Å². The van der Waals surface area contributed by atoms with E-state index in [2.05, 4.69) is 0 Å². The Bertz CT molecular complexity index is 409. The summed E-state index contributed by atoms with van der Waals surface area (Å²) in [6.07, 6.45) is -1.04. The molecule has 0 saturated carbocycles. The zero-order valence-electron chi connectivity index (χ0n) is 8.79. The van der Waals surface area contributed by atoms with Gasteiger partial charge in [-0.05, 0) is 19.1 Å². The number of esters is 1. The maximum atomic E-state index is 11.4. The van der Waals surface area contributed by atoms with E-state index in [0.29, 0.717) is 15.6 Å². The summed E-state index contributed by atoms with van der Waals surface area (Å²) < 4.78 is 4.90. The fourth-order valence-electron chi connectivity index (χ4n) is 1.27. The van der Waals surface area contributed by atoms with Crippen LogP contribution in [-0.4, -0.2) is 11.8 Å². The van der Waals surface area contributed by atoms with Gasteiger partial charge in [0.1, 0.15) is 0 Å². The number of ketones is 1. The number of rotatable bonds is 3. The number of Topliss-reactive ketones (excluding diaryl/α,β-unsaturated/α-hetero) is 1. The highest BCUT2D eigenvalue weighted by molar-refractivity contribution is 6.36. The van der Waals surface area contributed by atoms with E-state index in [1.54, 1.807) is 18.2 Å². The standard InChI is InChI=1S/C11H10Cl2O3/c1-6(14)11(16-7(2)15)10-8(12)4-3-5-9(10)13/h3-5,11H,1-2H3. The van der Waals surface area contributed by atoms with Gasteiger partial charge < -0.3 is 4.74 Å². The van der Waals surface area contributed by atoms with Crippen molar-refractivity contribution in [3.8, 4) is 0 Å². The molecular formula is C11H10Cl2O3. The molecule has 0 spiro atoms. The minimum Gasteiger partial charge on any atom is -0.449 e. The van der Waals surface area contributed by atoms with E-state index >= 15 is 0 Å². The number of halogens is 2. The molecule has 0 aliphatic rings. The number of ether oxygens (including phenoxy) is 1.